The molecule has 0 aliphatic carbocycles. The van der Waals surface area contributed by atoms with Crippen molar-refractivity contribution in [1.29, 1.82) is 0 Å². The predicted molar refractivity (Wildman–Crippen MR) is 74.9 cm³/mol. The Kier molecular flexibility index (Phi) is 6.26. The lowest BCUT2D eigenvalue weighted by molar-refractivity contribution is 0.197. The Bertz CT molecular complexity index is 476. The van der Waals surface area contributed by atoms with Crippen LogP contribution >= 0.6 is 23.5 Å². The molecule has 0 atom stereocenters. The summed E-state index contributed by atoms with van der Waals surface area (Å²) in [7, 11) is -3.32. The van der Waals surface area contributed by atoms with Crippen molar-refractivity contribution >= 4 is 29.2 Å². The smallest absolute Gasteiger partial charge is 0.367 e. The summed E-state index contributed by atoms with van der Waals surface area (Å²) in [4.78, 5) is 0. The van der Waals surface area contributed by atoms with Gasteiger partial charge in [0.25, 0.3) is 0 Å². The molecule has 1 aromatic carbocycles. The third-order valence-electron chi connectivity index (χ3n) is 2.08. The number of nitrogens with two attached hydrogens (primary N) is 1. The second kappa shape index (κ2) is 7.24. The van der Waals surface area contributed by atoms with E-state index >= 15 is 0 Å². The van der Waals surface area contributed by atoms with E-state index in [4.69, 9.17) is 19.5 Å². The van der Waals surface area contributed by atoms with Crippen LogP contribution in [0.25, 0.3) is 0 Å². The summed E-state index contributed by atoms with van der Waals surface area (Å²) < 4.78 is 41.0. The van der Waals surface area contributed by atoms with E-state index in [-0.39, 0.29) is 35.5 Å². The second-order valence-corrected chi connectivity index (χ2v) is 6.37. The molecular formula is C11H16BrFNO4P. The highest BCUT2D eigenvalue weighted by Crippen LogP contribution is 2.48. The molecule has 0 radical (unpaired) electrons. The Labute approximate surface area is 119 Å². The summed E-state index contributed by atoms with van der Waals surface area (Å²) in [5.41, 5.74) is 5.72. The maximum Gasteiger partial charge on any atom is 0.367 e. The summed E-state index contributed by atoms with van der Waals surface area (Å²) in [5.74, 6) is -0.282. The second-order valence-electron chi connectivity index (χ2n) is 3.52. The van der Waals surface area contributed by atoms with Crippen LogP contribution in [0.4, 0.5) is 10.1 Å². The monoisotopic (exact) mass is 355 g/mol. The Morgan fingerprint density at radius 1 is 1.32 bits per heavy atom. The summed E-state index contributed by atoms with van der Waals surface area (Å²) in [6.07, 6.45) is -0.281. The van der Waals surface area contributed by atoms with Gasteiger partial charge in [-0.2, -0.15) is 0 Å². The first-order valence-corrected chi connectivity index (χ1v) is 8.19. The van der Waals surface area contributed by atoms with E-state index in [1.165, 1.54) is 6.07 Å². The fourth-order valence-electron chi connectivity index (χ4n) is 1.32. The molecule has 0 bridgehead atoms. The predicted octanol–water partition coefficient (Wildman–Crippen LogP) is 3.77. The number of ether oxygens (including phenoxy) is 1. The molecule has 0 spiro atoms. The van der Waals surface area contributed by atoms with Crippen molar-refractivity contribution in [3.8, 4) is 5.75 Å². The Morgan fingerprint density at radius 3 is 2.42 bits per heavy atom. The molecule has 0 aromatic heterocycles. The van der Waals surface area contributed by atoms with Gasteiger partial charge in [0, 0.05) is 6.07 Å². The van der Waals surface area contributed by atoms with Crippen LogP contribution in [0, 0.1) is 5.82 Å². The Balaban J connectivity index is 2.80. The molecular weight excluding hydrogens is 340 g/mol. The first kappa shape index (κ1) is 16.4. The first-order valence-electron chi connectivity index (χ1n) is 5.67. The highest BCUT2D eigenvalue weighted by atomic mass is 79.9. The molecule has 0 unspecified atom stereocenters. The van der Waals surface area contributed by atoms with Crippen LogP contribution in [0.1, 0.15) is 13.8 Å². The van der Waals surface area contributed by atoms with Crippen LogP contribution in [0.5, 0.6) is 5.75 Å². The fraction of sp³-hybridized carbons (Fsp3) is 0.455. The normalized spacial score (nSPS) is 11.6. The van der Waals surface area contributed by atoms with Crippen molar-refractivity contribution < 1.29 is 22.7 Å². The lowest BCUT2D eigenvalue weighted by Gasteiger charge is -2.18. The van der Waals surface area contributed by atoms with E-state index in [0.717, 1.165) is 6.07 Å². The zero-order chi connectivity index (χ0) is 14.5. The summed E-state index contributed by atoms with van der Waals surface area (Å²) >= 11 is 3.02. The highest BCUT2D eigenvalue weighted by molar-refractivity contribution is 9.10. The quantitative estimate of drug-likeness (QED) is 0.595. The first-order chi connectivity index (χ1) is 8.91. The maximum absolute atomic E-state index is 13.2. The fourth-order valence-corrected chi connectivity index (χ4v) is 2.95. The third-order valence-corrected chi connectivity index (χ3v) is 4.44. The van der Waals surface area contributed by atoms with Gasteiger partial charge >= 0.3 is 7.60 Å². The van der Waals surface area contributed by atoms with Crippen LogP contribution < -0.4 is 10.5 Å². The van der Waals surface area contributed by atoms with Crippen LogP contribution in [-0.2, 0) is 13.6 Å². The molecule has 0 aliphatic heterocycles. The molecule has 19 heavy (non-hydrogen) atoms. The molecule has 0 saturated carbocycles. The summed E-state index contributed by atoms with van der Waals surface area (Å²) in [6.45, 7) is 3.88. The lowest BCUT2D eigenvalue weighted by atomic mass is 10.3. The van der Waals surface area contributed by atoms with E-state index in [9.17, 15) is 8.96 Å². The number of benzene rings is 1. The van der Waals surface area contributed by atoms with Gasteiger partial charge in [0.05, 0.1) is 23.4 Å². The van der Waals surface area contributed by atoms with Crippen LogP contribution in [-0.4, -0.2) is 19.6 Å². The van der Waals surface area contributed by atoms with Gasteiger partial charge < -0.3 is 19.5 Å². The van der Waals surface area contributed by atoms with Gasteiger partial charge in [-0.05, 0) is 35.8 Å². The molecule has 2 N–H and O–H groups in total. The molecule has 0 aliphatic rings. The number of hydrogen-bond acceptors (Lipinski definition) is 5. The van der Waals surface area contributed by atoms with Crippen molar-refractivity contribution in [2.24, 2.45) is 0 Å². The van der Waals surface area contributed by atoms with Gasteiger partial charge in [0.15, 0.2) is 6.35 Å². The number of anilines is 1. The van der Waals surface area contributed by atoms with E-state index in [1.54, 1.807) is 13.8 Å². The molecule has 108 valence electrons. The average Bonchev–Trinajstić information content (AvgIpc) is 2.33. The van der Waals surface area contributed by atoms with Gasteiger partial charge in [0.2, 0.25) is 0 Å². The number of halogens is 2. The SMILES string of the molecule is CCOP(=O)(COc1cc(Br)c(F)cc1N)OCC. The number of hydrogen-bond donors (Lipinski definition) is 1. The standard InChI is InChI=1S/C11H16BrFNO4P/c1-3-17-19(15,18-4-2)7-16-11-5-8(12)9(13)6-10(11)14/h5-6H,3-4,7,14H2,1-2H3. The zero-order valence-electron chi connectivity index (χ0n) is 10.7. The molecule has 1 rings (SSSR count). The molecule has 0 amide bonds. The zero-order valence-corrected chi connectivity index (χ0v) is 13.2. The Hall–Kier alpha value is -0.620. The van der Waals surface area contributed by atoms with Crippen LogP contribution in [0.15, 0.2) is 16.6 Å². The highest BCUT2D eigenvalue weighted by Gasteiger charge is 2.25. The van der Waals surface area contributed by atoms with Gasteiger partial charge in [0.1, 0.15) is 11.6 Å². The van der Waals surface area contributed by atoms with Crippen molar-refractivity contribution in [3.05, 3.63) is 22.4 Å². The third kappa shape index (κ3) is 4.76. The Morgan fingerprint density at radius 2 is 1.89 bits per heavy atom. The van der Waals surface area contributed by atoms with E-state index < -0.39 is 13.4 Å². The van der Waals surface area contributed by atoms with Crippen molar-refractivity contribution in [2.45, 2.75) is 13.8 Å². The van der Waals surface area contributed by atoms with Gasteiger partial charge in [-0.1, -0.05) is 0 Å². The molecule has 0 heterocycles. The van der Waals surface area contributed by atoms with Gasteiger partial charge in [-0.15, -0.1) is 0 Å². The van der Waals surface area contributed by atoms with Crippen molar-refractivity contribution in [3.63, 3.8) is 0 Å². The van der Waals surface area contributed by atoms with Crippen molar-refractivity contribution in [1.82, 2.24) is 0 Å². The molecule has 0 saturated heterocycles. The van der Waals surface area contributed by atoms with Crippen molar-refractivity contribution in [2.75, 3.05) is 25.3 Å². The average molecular weight is 356 g/mol. The molecule has 1 aromatic rings. The van der Waals surface area contributed by atoms with Gasteiger partial charge in [-0.25, -0.2) is 4.39 Å². The minimum Gasteiger partial charge on any atom is -0.479 e. The summed E-state index contributed by atoms with van der Waals surface area (Å²) in [6, 6.07) is 2.48. The summed E-state index contributed by atoms with van der Waals surface area (Å²) in [5, 5.41) is 0. The van der Waals surface area contributed by atoms with Crippen LogP contribution in [0.2, 0.25) is 0 Å². The largest absolute Gasteiger partial charge is 0.479 e. The minimum absolute atomic E-state index is 0.111. The van der Waals surface area contributed by atoms with Crippen LogP contribution in [0.3, 0.4) is 0 Å². The molecule has 5 nitrogen and oxygen atoms in total. The maximum atomic E-state index is 13.2. The number of nitrogen functional groups attached to an aromatic ring is 1. The van der Waals surface area contributed by atoms with E-state index in [2.05, 4.69) is 15.9 Å². The number of rotatable bonds is 7. The van der Waals surface area contributed by atoms with E-state index in [1.807, 2.05) is 0 Å². The lowest BCUT2D eigenvalue weighted by Crippen LogP contribution is -2.07. The minimum atomic E-state index is -3.32. The van der Waals surface area contributed by atoms with Gasteiger partial charge in [-0.3, -0.25) is 4.57 Å². The van der Waals surface area contributed by atoms with E-state index in [0.29, 0.717) is 0 Å². The molecule has 0 fully saturated rings. The topological polar surface area (TPSA) is 70.8 Å². The molecule has 8 heteroatoms.